The average molecular weight is 576 g/mol. The molecular weight excluding hydrogens is 542 g/mol. The third-order valence-corrected chi connectivity index (χ3v) is 6.48. The molecule has 1 aromatic heterocycles. The van der Waals surface area contributed by atoms with Crippen LogP contribution in [-0.4, -0.2) is 34.2 Å². The Labute approximate surface area is 244 Å². The van der Waals surface area contributed by atoms with E-state index in [1.54, 1.807) is 51.2 Å². The summed E-state index contributed by atoms with van der Waals surface area (Å²) < 4.78 is 11.4. The van der Waals surface area contributed by atoms with Gasteiger partial charge in [0.15, 0.2) is 5.76 Å². The first-order valence-electron chi connectivity index (χ1n) is 13.4. The summed E-state index contributed by atoms with van der Waals surface area (Å²) in [6.07, 6.45) is 2.03. The molecule has 1 unspecified atom stereocenters. The van der Waals surface area contributed by atoms with Gasteiger partial charge in [0.1, 0.15) is 11.6 Å². The van der Waals surface area contributed by atoms with Crippen LogP contribution in [0.15, 0.2) is 83.4 Å². The van der Waals surface area contributed by atoms with E-state index in [1.165, 1.54) is 0 Å². The average Bonchev–Trinajstić information content (AvgIpc) is 3.44. The van der Waals surface area contributed by atoms with Gasteiger partial charge in [-0.2, -0.15) is 0 Å². The molecule has 41 heavy (non-hydrogen) atoms. The predicted octanol–water partition coefficient (Wildman–Crippen LogP) is 6.93. The second kappa shape index (κ2) is 13.5. The van der Waals surface area contributed by atoms with Gasteiger partial charge in [-0.05, 0) is 80.6 Å². The molecule has 0 aliphatic carbocycles. The number of carbonyl (C=O) groups excluding carboxylic acids is 2. The van der Waals surface area contributed by atoms with Gasteiger partial charge in [-0.3, -0.25) is 4.79 Å². The fourth-order valence-corrected chi connectivity index (χ4v) is 4.36. The predicted molar refractivity (Wildman–Crippen MR) is 158 cm³/mol. The molecule has 4 rings (SSSR count). The highest BCUT2D eigenvalue weighted by molar-refractivity contribution is 6.30. The van der Waals surface area contributed by atoms with Crippen molar-refractivity contribution in [2.75, 3.05) is 6.54 Å². The quantitative estimate of drug-likeness (QED) is 0.177. The van der Waals surface area contributed by atoms with Crippen LogP contribution in [0.2, 0.25) is 5.02 Å². The SMILES string of the molecule is CC(C)(C)OC(=O)NCCCC(NC(=O)c1cc(-c2ccccc2)ccc1CO)c1ncc(-c2ccc(Cl)cc2)o1. The number of hydrogen-bond donors (Lipinski definition) is 3. The maximum absolute atomic E-state index is 13.6. The summed E-state index contributed by atoms with van der Waals surface area (Å²) in [6.45, 7) is 5.44. The Morgan fingerprint density at radius 3 is 2.39 bits per heavy atom. The van der Waals surface area contributed by atoms with Gasteiger partial charge in [0.05, 0.1) is 12.8 Å². The van der Waals surface area contributed by atoms with Crippen LogP contribution in [0.5, 0.6) is 0 Å². The topological polar surface area (TPSA) is 114 Å². The summed E-state index contributed by atoms with van der Waals surface area (Å²) in [6, 6.07) is 21.7. The van der Waals surface area contributed by atoms with Crippen molar-refractivity contribution in [1.82, 2.24) is 15.6 Å². The van der Waals surface area contributed by atoms with Gasteiger partial charge < -0.3 is 24.9 Å². The van der Waals surface area contributed by atoms with Gasteiger partial charge in [0.25, 0.3) is 5.91 Å². The van der Waals surface area contributed by atoms with Crippen molar-refractivity contribution in [2.24, 2.45) is 0 Å². The van der Waals surface area contributed by atoms with Crippen LogP contribution in [0, 0.1) is 0 Å². The number of nitrogens with zero attached hydrogens (tertiary/aromatic N) is 1. The Balaban J connectivity index is 1.55. The van der Waals surface area contributed by atoms with Crippen LogP contribution in [0.1, 0.15) is 61.5 Å². The Morgan fingerprint density at radius 2 is 1.71 bits per heavy atom. The molecular formula is C32H34ClN3O5. The Morgan fingerprint density at radius 1 is 1.00 bits per heavy atom. The van der Waals surface area contributed by atoms with Crippen LogP contribution < -0.4 is 10.6 Å². The number of rotatable bonds is 10. The van der Waals surface area contributed by atoms with Gasteiger partial charge in [0.2, 0.25) is 5.89 Å². The minimum Gasteiger partial charge on any atom is -0.444 e. The fraction of sp³-hybridized carbons (Fsp3) is 0.281. The number of nitrogens with one attached hydrogen (secondary N) is 2. The van der Waals surface area contributed by atoms with Crippen molar-refractivity contribution in [3.8, 4) is 22.5 Å². The van der Waals surface area contributed by atoms with Crippen LogP contribution in [0.25, 0.3) is 22.5 Å². The van der Waals surface area contributed by atoms with Gasteiger partial charge in [-0.15, -0.1) is 0 Å². The van der Waals surface area contributed by atoms with Crippen LogP contribution in [-0.2, 0) is 11.3 Å². The lowest BCUT2D eigenvalue weighted by atomic mass is 9.98. The van der Waals surface area contributed by atoms with E-state index in [0.717, 1.165) is 16.7 Å². The number of aromatic nitrogens is 1. The van der Waals surface area contributed by atoms with Gasteiger partial charge in [-0.25, -0.2) is 9.78 Å². The summed E-state index contributed by atoms with van der Waals surface area (Å²) >= 11 is 6.02. The number of alkyl carbamates (subject to hydrolysis) is 1. The number of hydrogen-bond acceptors (Lipinski definition) is 6. The summed E-state index contributed by atoms with van der Waals surface area (Å²) in [4.78, 5) is 30.1. The number of amides is 2. The number of aliphatic hydroxyl groups excluding tert-OH is 1. The van der Waals surface area contributed by atoms with Crippen molar-refractivity contribution < 1.29 is 23.8 Å². The molecule has 4 aromatic rings. The zero-order valence-corrected chi connectivity index (χ0v) is 24.1. The summed E-state index contributed by atoms with van der Waals surface area (Å²) in [5.41, 5.74) is 2.86. The highest BCUT2D eigenvalue weighted by Crippen LogP contribution is 2.28. The van der Waals surface area contributed by atoms with Crippen molar-refractivity contribution in [3.63, 3.8) is 0 Å². The van der Waals surface area contributed by atoms with Crippen molar-refractivity contribution in [3.05, 3.63) is 101 Å². The first kappa shape index (κ1) is 29.8. The van der Waals surface area contributed by atoms with E-state index in [4.69, 9.17) is 20.8 Å². The molecule has 0 aliphatic rings. The second-order valence-electron chi connectivity index (χ2n) is 10.6. The van der Waals surface area contributed by atoms with Crippen molar-refractivity contribution >= 4 is 23.6 Å². The lowest BCUT2D eigenvalue weighted by Crippen LogP contribution is -2.34. The smallest absolute Gasteiger partial charge is 0.407 e. The van der Waals surface area contributed by atoms with E-state index in [1.807, 2.05) is 48.5 Å². The molecule has 3 N–H and O–H groups in total. The maximum atomic E-state index is 13.6. The second-order valence-corrected chi connectivity index (χ2v) is 11.0. The molecule has 8 nitrogen and oxygen atoms in total. The first-order valence-corrected chi connectivity index (χ1v) is 13.8. The standard InChI is InChI=1S/C32H34ClN3O5/c1-32(2,3)41-31(39)34-17-7-10-27(30-35-19-28(40-30)22-13-15-25(33)16-14-22)36-29(38)26-18-23(11-12-24(26)20-37)21-8-5-4-6-9-21/h4-6,8-9,11-16,18-19,27,37H,7,10,17,20H2,1-3H3,(H,34,39)(H,36,38). The maximum Gasteiger partial charge on any atom is 0.407 e. The van der Waals surface area contributed by atoms with Gasteiger partial charge in [0, 0.05) is 22.7 Å². The molecule has 3 aromatic carbocycles. The number of carbonyl (C=O) groups is 2. The minimum atomic E-state index is -0.602. The molecule has 214 valence electrons. The lowest BCUT2D eigenvalue weighted by molar-refractivity contribution is 0.0525. The van der Waals surface area contributed by atoms with Crippen LogP contribution in [0.3, 0.4) is 0 Å². The molecule has 0 bridgehead atoms. The first-order chi connectivity index (χ1) is 19.6. The third kappa shape index (κ3) is 8.42. The lowest BCUT2D eigenvalue weighted by Gasteiger charge is -2.20. The molecule has 0 aliphatic heterocycles. The van der Waals surface area contributed by atoms with E-state index >= 15 is 0 Å². The molecule has 0 radical (unpaired) electrons. The van der Waals surface area contributed by atoms with E-state index in [2.05, 4.69) is 15.6 Å². The monoisotopic (exact) mass is 575 g/mol. The van der Waals surface area contributed by atoms with Gasteiger partial charge in [-0.1, -0.05) is 54.1 Å². The highest BCUT2D eigenvalue weighted by Gasteiger charge is 2.23. The number of aliphatic hydroxyl groups is 1. The van der Waals surface area contributed by atoms with Crippen LogP contribution in [0.4, 0.5) is 4.79 Å². The molecule has 2 amide bonds. The molecule has 0 saturated carbocycles. The summed E-state index contributed by atoms with van der Waals surface area (Å²) in [5, 5.41) is 16.3. The minimum absolute atomic E-state index is 0.290. The van der Waals surface area contributed by atoms with Crippen molar-refractivity contribution in [2.45, 2.75) is 51.9 Å². The van der Waals surface area contributed by atoms with E-state index in [0.29, 0.717) is 47.2 Å². The zero-order chi connectivity index (χ0) is 29.4. The van der Waals surface area contributed by atoms with E-state index < -0.39 is 17.7 Å². The summed E-state index contributed by atoms with van der Waals surface area (Å²) in [7, 11) is 0. The normalized spacial score (nSPS) is 12.0. The van der Waals surface area contributed by atoms with Crippen molar-refractivity contribution in [1.29, 1.82) is 0 Å². The van der Waals surface area contributed by atoms with Crippen LogP contribution >= 0.6 is 11.6 Å². The molecule has 9 heteroatoms. The molecule has 0 fully saturated rings. The molecule has 1 heterocycles. The summed E-state index contributed by atoms with van der Waals surface area (Å²) in [5.74, 6) is 0.485. The Bertz CT molecular complexity index is 1460. The molecule has 1 atom stereocenters. The van der Waals surface area contributed by atoms with E-state index in [-0.39, 0.29) is 12.5 Å². The number of oxazole rings is 1. The highest BCUT2D eigenvalue weighted by atomic mass is 35.5. The molecule has 0 spiro atoms. The zero-order valence-electron chi connectivity index (χ0n) is 23.3. The molecule has 0 saturated heterocycles. The fourth-order valence-electron chi connectivity index (χ4n) is 4.24. The number of benzene rings is 3. The largest absolute Gasteiger partial charge is 0.444 e. The number of ether oxygens (including phenoxy) is 1. The number of halogens is 1. The Kier molecular flexibility index (Phi) is 9.81. The Hall–Kier alpha value is -4.14. The van der Waals surface area contributed by atoms with Gasteiger partial charge >= 0.3 is 6.09 Å². The van der Waals surface area contributed by atoms with E-state index in [9.17, 15) is 14.7 Å². The third-order valence-electron chi connectivity index (χ3n) is 6.23.